The van der Waals surface area contributed by atoms with Crippen LogP contribution in [0.25, 0.3) is 0 Å². The first-order chi connectivity index (χ1) is 13.5. The van der Waals surface area contributed by atoms with E-state index in [0.29, 0.717) is 31.2 Å². The molecule has 0 radical (unpaired) electrons. The van der Waals surface area contributed by atoms with Crippen LogP contribution in [0.4, 0.5) is 0 Å². The Bertz CT molecular complexity index is 861. The van der Waals surface area contributed by atoms with Gasteiger partial charge in [-0.1, -0.05) is 13.8 Å². The van der Waals surface area contributed by atoms with Crippen LogP contribution < -0.4 is 10.9 Å². The van der Waals surface area contributed by atoms with Crippen LogP contribution in [0.5, 0.6) is 0 Å². The highest BCUT2D eigenvalue weighted by atomic mass is 16.5. The van der Waals surface area contributed by atoms with Gasteiger partial charge in [0, 0.05) is 31.1 Å². The Morgan fingerprint density at radius 3 is 2.75 bits per heavy atom. The lowest BCUT2D eigenvalue weighted by atomic mass is 9.95. The number of pyridine rings is 2. The number of aromatic nitrogens is 2. The number of ether oxygens (including phenoxy) is 1. The molecule has 6 heteroatoms. The maximum absolute atomic E-state index is 12.9. The van der Waals surface area contributed by atoms with Crippen LogP contribution in [0.2, 0.25) is 0 Å². The lowest BCUT2D eigenvalue weighted by Gasteiger charge is -2.20. The van der Waals surface area contributed by atoms with Crippen molar-refractivity contribution in [1.82, 2.24) is 14.9 Å². The standard InChI is InChI=1S/C22H29N3O3/c1-15(2)6-10-25-11-7-16(3)20(22(25)27)21(26)24-19-14-28-13-18(19)12-17-4-8-23-9-5-17/h4-5,7-9,11,15,18-19H,6,10,12-14H2,1-3H3,(H,24,26)/t18-,19+/m1/s1. The van der Waals surface area contributed by atoms with Gasteiger partial charge in [0.2, 0.25) is 0 Å². The molecule has 0 bridgehead atoms. The fraction of sp³-hybridized carbons (Fsp3) is 0.500. The van der Waals surface area contributed by atoms with Gasteiger partial charge in [0.05, 0.1) is 19.3 Å². The molecular weight excluding hydrogens is 354 g/mol. The van der Waals surface area contributed by atoms with Crippen molar-refractivity contribution in [1.29, 1.82) is 0 Å². The van der Waals surface area contributed by atoms with Gasteiger partial charge in [-0.2, -0.15) is 0 Å². The summed E-state index contributed by atoms with van der Waals surface area (Å²) in [6.07, 6.45) is 7.02. The van der Waals surface area contributed by atoms with Gasteiger partial charge in [0.15, 0.2) is 0 Å². The lowest BCUT2D eigenvalue weighted by Crippen LogP contribution is -2.43. The van der Waals surface area contributed by atoms with E-state index in [1.807, 2.05) is 25.1 Å². The van der Waals surface area contributed by atoms with E-state index >= 15 is 0 Å². The molecule has 28 heavy (non-hydrogen) atoms. The van der Waals surface area contributed by atoms with Crippen LogP contribution in [-0.2, 0) is 17.7 Å². The summed E-state index contributed by atoms with van der Waals surface area (Å²) >= 11 is 0. The molecule has 1 N–H and O–H groups in total. The molecule has 3 heterocycles. The first-order valence-electron chi connectivity index (χ1n) is 9.93. The molecule has 0 aromatic carbocycles. The molecule has 0 aliphatic carbocycles. The first-order valence-corrected chi connectivity index (χ1v) is 9.93. The normalized spacial score (nSPS) is 19.1. The van der Waals surface area contributed by atoms with Gasteiger partial charge in [-0.25, -0.2) is 0 Å². The van der Waals surface area contributed by atoms with Gasteiger partial charge < -0.3 is 14.6 Å². The minimum Gasteiger partial charge on any atom is -0.379 e. The van der Waals surface area contributed by atoms with E-state index in [9.17, 15) is 9.59 Å². The van der Waals surface area contributed by atoms with Gasteiger partial charge in [-0.05, 0) is 55.0 Å². The van der Waals surface area contributed by atoms with Crippen molar-refractivity contribution in [3.05, 3.63) is 63.8 Å². The van der Waals surface area contributed by atoms with Crippen molar-refractivity contribution in [2.45, 2.75) is 46.2 Å². The average molecular weight is 383 g/mol. The van der Waals surface area contributed by atoms with E-state index in [0.717, 1.165) is 18.4 Å². The predicted molar refractivity (Wildman–Crippen MR) is 108 cm³/mol. The van der Waals surface area contributed by atoms with Crippen molar-refractivity contribution >= 4 is 5.91 Å². The van der Waals surface area contributed by atoms with E-state index < -0.39 is 0 Å². The molecule has 1 amide bonds. The number of nitrogens with zero attached hydrogens (tertiary/aromatic N) is 2. The highest BCUT2D eigenvalue weighted by Crippen LogP contribution is 2.19. The quantitative estimate of drug-likeness (QED) is 0.798. The van der Waals surface area contributed by atoms with Crippen LogP contribution in [0.3, 0.4) is 0 Å². The Hall–Kier alpha value is -2.47. The molecular formula is C22H29N3O3. The number of amides is 1. The highest BCUT2D eigenvalue weighted by molar-refractivity contribution is 5.95. The fourth-order valence-electron chi connectivity index (χ4n) is 3.54. The monoisotopic (exact) mass is 383 g/mol. The molecule has 6 nitrogen and oxygen atoms in total. The average Bonchev–Trinajstić information content (AvgIpc) is 3.08. The molecule has 3 rings (SSSR count). The second-order valence-corrected chi connectivity index (χ2v) is 7.99. The first kappa shape index (κ1) is 20.3. The molecule has 150 valence electrons. The van der Waals surface area contributed by atoms with Gasteiger partial charge in [-0.15, -0.1) is 0 Å². The van der Waals surface area contributed by atoms with Gasteiger partial charge >= 0.3 is 0 Å². The Kier molecular flexibility index (Phi) is 6.62. The van der Waals surface area contributed by atoms with Gasteiger partial charge in [-0.3, -0.25) is 14.6 Å². The number of carbonyl (C=O) groups excluding carboxylic acids is 1. The number of rotatable bonds is 7. The largest absolute Gasteiger partial charge is 0.379 e. The summed E-state index contributed by atoms with van der Waals surface area (Å²) in [7, 11) is 0. The molecule has 0 saturated carbocycles. The van der Waals surface area contributed by atoms with E-state index in [1.165, 1.54) is 0 Å². The van der Waals surface area contributed by atoms with Crippen LogP contribution in [-0.4, -0.2) is 34.7 Å². The summed E-state index contributed by atoms with van der Waals surface area (Å²) in [6.45, 7) is 7.73. The summed E-state index contributed by atoms with van der Waals surface area (Å²) in [6, 6.07) is 5.69. The molecule has 0 spiro atoms. The molecule has 2 aromatic heterocycles. The highest BCUT2D eigenvalue weighted by Gasteiger charge is 2.31. The maximum Gasteiger partial charge on any atom is 0.263 e. The zero-order chi connectivity index (χ0) is 20.1. The van der Waals surface area contributed by atoms with E-state index in [2.05, 4.69) is 24.1 Å². The van der Waals surface area contributed by atoms with E-state index in [-0.39, 0.29) is 29.0 Å². The minimum absolute atomic E-state index is 0.108. The maximum atomic E-state index is 12.9. The molecule has 2 aromatic rings. The number of carbonyl (C=O) groups is 1. The summed E-state index contributed by atoms with van der Waals surface area (Å²) in [4.78, 5) is 29.8. The molecule has 2 atom stereocenters. The Morgan fingerprint density at radius 2 is 2.04 bits per heavy atom. The van der Waals surface area contributed by atoms with Crippen LogP contribution >= 0.6 is 0 Å². The van der Waals surface area contributed by atoms with Crippen molar-refractivity contribution < 1.29 is 9.53 Å². The van der Waals surface area contributed by atoms with Gasteiger partial charge in [0.1, 0.15) is 5.56 Å². The summed E-state index contributed by atoms with van der Waals surface area (Å²) in [5, 5.41) is 3.05. The molecule has 1 aliphatic rings. The summed E-state index contributed by atoms with van der Waals surface area (Å²) < 4.78 is 7.25. The molecule has 1 aliphatic heterocycles. The van der Waals surface area contributed by atoms with Gasteiger partial charge in [0.25, 0.3) is 11.5 Å². The van der Waals surface area contributed by atoms with Crippen LogP contribution in [0.15, 0.2) is 41.6 Å². The lowest BCUT2D eigenvalue weighted by molar-refractivity contribution is 0.0922. The number of hydrogen-bond donors (Lipinski definition) is 1. The second-order valence-electron chi connectivity index (χ2n) is 7.99. The fourth-order valence-corrected chi connectivity index (χ4v) is 3.54. The van der Waals surface area contributed by atoms with E-state index in [4.69, 9.17) is 4.74 Å². The third-order valence-electron chi connectivity index (χ3n) is 5.31. The van der Waals surface area contributed by atoms with Crippen molar-refractivity contribution in [2.75, 3.05) is 13.2 Å². The minimum atomic E-state index is -0.309. The smallest absolute Gasteiger partial charge is 0.263 e. The SMILES string of the molecule is Cc1ccn(CCC(C)C)c(=O)c1C(=O)N[C@H]1COC[C@H]1Cc1ccncc1. The second kappa shape index (κ2) is 9.15. The van der Waals surface area contributed by atoms with Crippen molar-refractivity contribution in [3.8, 4) is 0 Å². The molecule has 1 fully saturated rings. The number of aryl methyl sites for hydroxylation is 2. The Labute approximate surface area is 165 Å². The van der Waals surface area contributed by atoms with Crippen LogP contribution in [0.1, 0.15) is 41.8 Å². The number of nitrogens with one attached hydrogen (secondary N) is 1. The summed E-state index contributed by atoms with van der Waals surface area (Å²) in [5.41, 5.74) is 1.88. The zero-order valence-electron chi connectivity index (χ0n) is 16.9. The summed E-state index contributed by atoms with van der Waals surface area (Å²) in [5.74, 6) is 0.366. The Balaban J connectivity index is 1.73. The van der Waals surface area contributed by atoms with Crippen molar-refractivity contribution in [3.63, 3.8) is 0 Å². The predicted octanol–water partition coefficient (Wildman–Crippen LogP) is 2.59. The van der Waals surface area contributed by atoms with E-state index in [1.54, 1.807) is 23.2 Å². The topological polar surface area (TPSA) is 73.2 Å². The van der Waals surface area contributed by atoms with Crippen LogP contribution in [0, 0.1) is 18.8 Å². The number of hydrogen-bond acceptors (Lipinski definition) is 4. The molecule has 0 unspecified atom stereocenters. The van der Waals surface area contributed by atoms with Crippen molar-refractivity contribution in [2.24, 2.45) is 11.8 Å². The Morgan fingerprint density at radius 1 is 1.29 bits per heavy atom. The zero-order valence-corrected chi connectivity index (χ0v) is 16.9. The third-order valence-corrected chi connectivity index (χ3v) is 5.31. The third kappa shape index (κ3) is 4.87. The molecule has 1 saturated heterocycles.